The van der Waals surface area contributed by atoms with Gasteiger partial charge in [-0.25, -0.2) is 4.79 Å². The van der Waals surface area contributed by atoms with Crippen LogP contribution in [0.25, 0.3) is 0 Å². The topological polar surface area (TPSA) is 58.4 Å². The molecular weight excluding hydrogens is 298 g/mol. The highest BCUT2D eigenvalue weighted by atomic mass is 35.5. The quantitative estimate of drug-likeness (QED) is 0.874. The molecule has 4 nitrogen and oxygen atoms in total. The molecule has 1 saturated heterocycles. The van der Waals surface area contributed by atoms with Crippen LogP contribution in [0, 0.1) is 0 Å². The molecule has 0 unspecified atom stereocenters. The Hall–Kier alpha value is -1.26. The molecule has 0 aliphatic carbocycles. The minimum Gasteiger partial charge on any atom is -0.334 e. The Balaban J connectivity index is 2.12. The van der Waals surface area contributed by atoms with E-state index in [1.54, 1.807) is 0 Å². The Kier molecular flexibility index (Phi) is 4.73. The predicted molar refractivity (Wildman–Crippen MR) is 90.9 cm³/mol. The van der Waals surface area contributed by atoms with Crippen molar-refractivity contribution in [2.45, 2.75) is 64.2 Å². The molecule has 2 amide bonds. The van der Waals surface area contributed by atoms with Crippen molar-refractivity contribution < 1.29 is 4.79 Å². The summed E-state index contributed by atoms with van der Waals surface area (Å²) in [7, 11) is 0. The van der Waals surface area contributed by atoms with Gasteiger partial charge in [-0.2, -0.15) is 0 Å². The lowest BCUT2D eigenvalue weighted by Crippen LogP contribution is -2.66. The van der Waals surface area contributed by atoms with Gasteiger partial charge in [-0.15, -0.1) is 0 Å². The maximum Gasteiger partial charge on any atom is 0.318 e. The van der Waals surface area contributed by atoms with Crippen LogP contribution in [0.1, 0.15) is 46.1 Å². The number of likely N-dealkylation sites (tertiary alicyclic amines) is 1. The van der Waals surface area contributed by atoms with Gasteiger partial charge >= 0.3 is 6.03 Å². The highest BCUT2D eigenvalue weighted by Crippen LogP contribution is 2.37. The third kappa shape index (κ3) is 3.55. The molecule has 122 valence electrons. The van der Waals surface area contributed by atoms with Crippen molar-refractivity contribution in [3.05, 3.63) is 34.9 Å². The van der Waals surface area contributed by atoms with Gasteiger partial charge in [-0.1, -0.05) is 29.8 Å². The number of hydrogen-bond donors (Lipinski definition) is 2. The summed E-state index contributed by atoms with van der Waals surface area (Å²) in [5.74, 6) is 0. The second-order valence-electron chi connectivity index (χ2n) is 7.38. The van der Waals surface area contributed by atoms with E-state index in [4.69, 9.17) is 17.3 Å². The van der Waals surface area contributed by atoms with Gasteiger partial charge in [0.1, 0.15) is 0 Å². The molecule has 1 aromatic rings. The minimum absolute atomic E-state index is 0.0678. The molecule has 1 heterocycles. The van der Waals surface area contributed by atoms with Gasteiger partial charge in [0.15, 0.2) is 0 Å². The van der Waals surface area contributed by atoms with Crippen molar-refractivity contribution in [2.75, 3.05) is 0 Å². The average molecular weight is 324 g/mol. The molecule has 5 heteroatoms. The number of nitrogens with two attached hydrogens (primary N) is 1. The lowest BCUT2D eigenvalue weighted by molar-refractivity contribution is 0.00299. The first kappa shape index (κ1) is 17.1. The van der Waals surface area contributed by atoms with Crippen molar-refractivity contribution >= 4 is 17.6 Å². The summed E-state index contributed by atoms with van der Waals surface area (Å²) in [6.07, 6.45) is 1.60. The Bertz CT molecular complexity index is 539. The number of rotatable bonds is 2. The number of carbonyl (C=O) groups excluding carboxylic acids is 1. The number of urea groups is 1. The molecule has 3 N–H and O–H groups in total. The van der Waals surface area contributed by atoms with Gasteiger partial charge < -0.3 is 16.0 Å². The molecule has 0 radical (unpaired) electrons. The summed E-state index contributed by atoms with van der Waals surface area (Å²) in [5, 5.41) is 3.67. The van der Waals surface area contributed by atoms with E-state index in [0.29, 0.717) is 11.6 Å². The second kappa shape index (κ2) is 6.09. The zero-order valence-electron chi connectivity index (χ0n) is 13.8. The molecule has 1 aromatic carbocycles. The normalized spacial score (nSPS) is 20.7. The van der Waals surface area contributed by atoms with Gasteiger partial charge in [0.05, 0.1) is 0 Å². The highest BCUT2D eigenvalue weighted by Gasteiger charge is 2.46. The third-order valence-corrected chi connectivity index (χ3v) is 4.69. The van der Waals surface area contributed by atoms with Crippen LogP contribution >= 0.6 is 11.6 Å². The van der Waals surface area contributed by atoms with Crippen molar-refractivity contribution in [3.63, 3.8) is 0 Å². The van der Waals surface area contributed by atoms with Gasteiger partial charge in [0, 0.05) is 28.7 Å². The maximum atomic E-state index is 12.8. The van der Waals surface area contributed by atoms with Gasteiger partial charge in [0.2, 0.25) is 0 Å². The molecule has 0 aromatic heterocycles. The standard InChI is InChI=1S/C17H26ClN3O/c1-16(2)9-13(19)10-17(3,4)21(16)15(22)20-11-12-7-5-6-8-14(12)18/h5-8,13H,9-11,19H2,1-4H3,(H,20,22). The smallest absolute Gasteiger partial charge is 0.318 e. The third-order valence-electron chi connectivity index (χ3n) is 4.33. The predicted octanol–water partition coefficient (Wildman–Crippen LogP) is 3.53. The molecule has 0 atom stereocenters. The number of halogens is 1. The van der Waals surface area contributed by atoms with Crippen LogP contribution < -0.4 is 11.1 Å². The van der Waals surface area contributed by atoms with Crippen LogP contribution in [-0.4, -0.2) is 28.1 Å². The fraction of sp³-hybridized carbons (Fsp3) is 0.588. The van der Waals surface area contributed by atoms with Crippen LogP contribution in [0.3, 0.4) is 0 Å². The number of hydrogen-bond acceptors (Lipinski definition) is 2. The molecule has 0 bridgehead atoms. The van der Waals surface area contributed by atoms with E-state index in [2.05, 4.69) is 33.0 Å². The monoisotopic (exact) mass is 323 g/mol. The number of piperidine rings is 1. The summed E-state index contributed by atoms with van der Waals surface area (Å²) in [6, 6.07) is 7.61. The molecule has 0 spiro atoms. The molecule has 0 saturated carbocycles. The van der Waals surface area contributed by atoms with Gasteiger partial charge in [-0.05, 0) is 52.2 Å². The summed E-state index contributed by atoms with van der Waals surface area (Å²) >= 11 is 6.14. The first-order valence-corrected chi connectivity index (χ1v) is 8.08. The fourth-order valence-corrected chi connectivity index (χ4v) is 4.00. The molecule has 2 rings (SSSR count). The Morgan fingerprint density at radius 2 is 1.82 bits per heavy atom. The van der Waals surface area contributed by atoms with E-state index < -0.39 is 0 Å². The number of benzene rings is 1. The van der Waals surface area contributed by atoms with Crippen LogP contribution in [0.4, 0.5) is 4.79 Å². The molecule has 1 aliphatic rings. The summed E-state index contributed by atoms with van der Waals surface area (Å²) in [4.78, 5) is 14.7. The molecule has 1 aliphatic heterocycles. The van der Waals surface area contributed by atoms with Crippen molar-refractivity contribution in [1.29, 1.82) is 0 Å². The molecular formula is C17H26ClN3O. The Morgan fingerprint density at radius 1 is 1.27 bits per heavy atom. The van der Waals surface area contributed by atoms with E-state index in [9.17, 15) is 4.79 Å². The van der Waals surface area contributed by atoms with E-state index in [-0.39, 0.29) is 23.2 Å². The van der Waals surface area contributed by atoms with E-state index in [0.717, 1.165) is 18.4 Å². The Morgan fingerprint density at radius 3 is 2.36 bits per heavy atom. The van der Waals surface area contributed by atoms with Crippen LogP contribution in [0.2, 0.25) is 5.02 Å². The second-order valence-corrected chi connectivity index (χ2v) is 7.79. The number of amides is 2. The minimum atomic E-state index is -0.272. The van der Waals surface area contributed by atoms with E-state index in [1.165, 1.54) is 0 Å². The number of nitrogens with one attached hydrogen (secondary N) is 1. The maximum absolute atomic E-state index is 12.8. The van der Waals surface area contributed by atoms with E-state index in [1.807, 2.05) is 29.2 Å². The lowest BCUT2D eigenvalue weighted by Gasteiger charge is -2.54. The molecule has 22 heavy (non-hydrogen) atoms. The molecule has 1 fully saturated rings. The van der Waals surface area contributed by atoms with Crippen LogP contribution in [0.5, 0.6) is 0 Å². The summed E-state index contributed by atoms with van der Waals surface area (Å²) in [5.41, 5.74) is 6.53. The van der Waals surface area contributed by atoms with Crippen molar-refractivity contribution in [2.24, 2.45) is 5.73 Å². The lowest BCUT2D eigenvalue weighted by atomic mass is 9.77. The van der Waals surface area contributed by atoms with Gasteiger partial charge in [-0.3, -0.25) is 0 Å². The Labute approximate surface area is 138 Å². The van der Waals surface area contributed by atoms with Crippen molar-refractivity contribution in [3.8, 4) is 0 Å². The summed E-state index contributed by atoms with van der Waals surface area (Å²) in [6.45, 7) is 8.71. The van der Waals surface area contributed by atoms with E-state index >= 15 is 0 Å². The first-order valence-electron chi connectivity index (χ1n) is 7.71. The fourth-order valence-electron chi connectivity index (χ4n) is 3.80. The van der Waals surface area contributed by atoms with Crippen molar-refractivity contribution in [1.82, 2.24) is 10.2 Å². The number of carbonyl (C=O) groups is 1. The summed E-state index contributed by atoms with van der Waals surface area (Å²) < 4.78 is 0. The zero-order chi connectivity index (χ0) is 16.5. The first-order chi connectivity index (χ1) is 10.1. The van der Waals surface area contributed by atoms with Gasteiger partial charge in [0.25, 0.3) is 0 Å². The number of nitrogens with zero attached hydrogens (tertiary/aromatic N) is 1. The zero-order valence-corrected chi connectivity index (χ0v) is 14.6. The largest absolute Gasteiger partial charge is 0.334 e. The van der Waals surface area contributed by atoms with Crippen LogP contribution in [-0.2, 0) is 6.54 Å². The SMILES string of the molecule is CC1(C)CC(N)CC(C)(C)N1C(=O)NCc1ccccc1Cl. The average Bonchev–Trinajstić information content (AvgIpc) is 2.34. The van der Waals surface area contributed by atoms with Crippen LogP contribution in [0.15, 0.2) is 24.3 Å². The highest BCUT2D eigenvalue weighted by molar-refractivity contribution is 6.31.